The molecule has 0 radical (unpaired) electrons. The van der Waals surface area contributed by atoms with Crippen molar-refractivity contribution in [3.8, 4) is 23.1 Å². The predicted molar refractivity (Wildman–Crippen MR) is 58.1 cm³/mol. The molecule has 0 aliphatic rings. The Kier molecular flexibility index (Phi) is 2.81. The molecule has 2 aromatic rings. The van der Waals surface area contributed by atoms with Gasteiger partial charge in [0, 0.05) is 11.6 Å². The molecule has 2 rings (SSSR count). The van der Waals surface area contributed by atoms with Gasteiger partial charge in [-0.2, -0.15) is 10.5 Å². The number of hydrogen-bond donors (Lipinski definition) is 0. The number of ether oxygens (including phenoxy) is 1. The van der Waals surface area contributed by atoms with Gasteiger partial charge in [-0.15, -0.1) is 0 Å². The van der Waals surface area contributed by atoms with E-state index in [1.54, 1.807) is 29.8 Å². The molecule has 1 aromatic heterocycles. The van der Waals surface area contributed by atoms with Crippen molar-refractivity contribution in [1.82, 2.24) is 4.98 Å². The van der Waals surface area contributed by atoms with Crippen LogP contribution in [0.4, 0.5) is 0 Å². The molecule has 0 atom stereocenters. The lowest BCUT2D eigenvalue weighted by Gasteiger charge is -2.05. The first-order valence-corrected chi connectivity index (χ1v) is 5.23. The van der Waals surface area contributed by atoms with E-state index in [1.165, 1.54) is 11.3 Å². The standard InChI is InChI=1S/C11H5N3OS/c12-6-8-2-1-3-9(7-13)10(8)15-11-14-4-5-16-11/h1-5H. The van der Waals surface area contributed by atoms with Gasteiger partial charge in [0.2, 0.25) is 0 Å². The molecule has 0 spiro atoms. The summed E-state index contributed by atoms with van der Waals surface area (Å²) in [6.45, 7) is 0. The van der Waals surface area contributed by atoms with E-state index in [-0.39, 0.29) is 5.75 Å². The maximum atomic E-state index is 8.91. The highest BCUT2D eigenvalue weighted by atomic mass is 32.1. The average molecular weight is 227 g/mol. The van der Waals surface area contributed by atoms with Crippen molar-refractivity contribution in [2.24, 2.45) is 0 Å². The fourth-order valence-corrected chi connectivity index (χ4v) is 1.66. The quantitative estimate of drug-likeness (QED) is 0.790. The monoisotopic (exact) mass is 227 g/mol. The first-order chi connectivity index (χ1) is 7.85. The number of thiazole rings is 1. The summed E-state index contributed by atoms with van der Waals surface area (Å²) in [7, 11) is 0. The summed E-state index contributed by atoms with van der Waals surface area (Å²) in [5, 5.41) is 20.0. The van der Waals surface area contributed by atoms with Crippen molar-refractivity contribution < 1.29 is 4.74 Å². The smallest absolute Gasteiger partial charge is 0.278 e. The van der Waals surface area contributed by atoms with E-state index in [0.29, 0.717) is 16.3 Å². The molecule has 76 valence electrons. The van der Waals surface area contributed by atoms with E-state index < -0.39 is 0 Å². The topological polar surface area (TPSA) is 69.7 Å². The molecule has 0 amide bonds. The Morgan fingerprint density at radius 3 is 2.38 bits per heavy atom. The highest BCUT2D eigenvalue weighted by Crippen LogP contribution is 2.29. The summed E-state index contributed by atoms with van der Waals surface area (Å²) in [6, 6.07) is 8.81. The van der Waals surface area contributed by atoms with Gasteiger partial charge >= 0.3 is 0 Å². The van der Waals surface area contributed by atoms with Crippen LogP contribution in [0.25, 0.3) is 0 Å². The van der Waals surface area contributed by atoms with E-state index in [1.807, 2.05) is 12.1 Å². The van der Waals surface area contributed by atoms with Crippen LogP contribution < -0.4 is 4.74 Å². The van der Waals surface area contributed by atoms with Crippen LogP contribution in [0, 0.1) is 22.7 Å². The fourth-order valence-electron chi connectivity index (χ4n) is 1.17. The van der Waals surface area contributed by atoms with Crippen molar-refractivity contribution in [2.45, 2.75) is 0 Å². The summed E-state index contributed by atoms with van der Waals surface area (Å²) in [5.41, 5.74) is 0.656. The zero-order chi connectivity index (χ0) is 11.4. The van der Waals surface area contributed by atoms with Crippen LogP contribution in [0.3, 0.4) is 0 Å². The largest absolute Gasteiger partial charge is 0.428 e. The zero-order valence-corrected chi connectivity index (χ0v) is 8.86. The van der Waals surface area contributed by atoms with Gasteiger partial charge in [0.05, 0.1) is 11.1 Å². The third-order valence-electron chi connectivity index (χ3n) is 1.85. The molecule has 0 aliphatic heterocycles. The van der Waals surface area contributed by atoms with E-state index >= 15 is 0 Å². The van der Waals surface area contributed by atoms with Crippen LogP contribution in [-0.4, -0.2) is 4.98 Å². The molecule has 0 fully saturated rings. The predicted octanol–water partition coefficient (Wildman–Crippen LogP) is 2.68. The van der Waals surface area contributed by atoms with Gasteiger partial charge < -0.3 is 4.74 Å². The highest BCUT2D eigenvalue weighted by Gasteiger charge is 2.11. The molecule has 1 aromatic carbocycles. The summed E-state index contributed by atoms with van der Waals surface area (Å²) in [6.07, 6.45) is 1.60. The van der Waals surface area contributed by atoms with Gasteiger partial charge in [-0.3, -0.25) is 0 Å². The third-order valence-corrected chi connectivity index (χ3v) is 2.50. The summed E-state index contributed by atoms with van der Waals surface area (Å²) in [5.74, 6) is 0.266. The maximum absolute atomic E-state index is 8.91. The molecule has 4 nitrogen and oxygen atoms in total. The van der Waals surface area contributed by atoms with Gasteiger partial charge in [0.1, 0.15) is 12.1 Å². The van der Waals surface area contributed by atoms with E-state index in [0.717, 1.165) is 0 Å². The SMILES string of the molecule is N#Cc1cccc(C#N)c1Oc1nccs1. The molecule has 0 N–H and O–H groups in total. The molecule has 0 saturated heterocycles. The maximum Gasteiger partial charge on any atom is 0.278 e. The molecule has 0 aliphatic carbocycles. The Hall–Kier alpha value is -2.37. The first kappa shape index (κ1) is 10.2. The van der Waals surface area contributed by atoms with Crippen molar-refractivity contribution in [2.75, 3.05) is 0 Å². The van der Waals surface area contributed by atoms with Crippen LogP contribution in [0.5, 0.6) is 10.9 Å². The minimum absolute atomic E-state index is 0.266. The van der Waals surface area contributed by atoms with Gasteiger partial charge in [0.15, 0.2) is 5.75 Å². The summed E-state index contributed by atoms with van der Waals surface area (Å²) >= 11 is 1.30. The number of benzene rings is 1. The second-order valence-corrected chi connectivity index (χ2v) is 3.66. The van der Waals surface area contributed by atoms with Crippen LogP contribution in [0.2, 0.25) is 0 Å². The Morgan fingerprint density at radius 2 is 1.88 bits per heavy atom. The average Bonchev–Trinajstić information content (AvgIpc) is 2.82. The van der Waals surface area contributed by atoms with Crippen molar-refractivity contribution in [1.29, 1.82) is 10.5 Å². The lowest BCUT2D eigenvalue weighted by atomic mass is 10.1. The highest BCUT2D eigenvalue weighted by molar-refractivity contribution is 7.11. The molecule has 5 heteroatoms. The third kappa shape index (κ3) is 1.85. The van der Waals surface area contributed by atoms with Crippen molar-refractivity contribution >= 4 is 11.3 Å². The number of aromatic nitrogens is 1. The Labute approximate surface area is 96.0 Å². The molecular formula is C11H5N3OS. The van der Waals surface area contributed by atoms with Gasteiger partial charge in [-0.1, -0.05) is 17.4 Å². The van der Waals surface area contributed by atoms with E-state index in [9.17, 15) is 0 Å². The minimum Gasteiger partial charge on any atom is -0.428 e. The number of nitrogens with zero attached hydrogens (tertiary/aromatic N) is 3. The second-order valence-electron chi connectivity index (χ2n) is 2.81. The Balaban J connectivity index is 2.47. The van der Waals surface area contributed by atoms with Crippen LogP contribution in [0.1, 0.15) is 11.1 Å². The molecule has 1 heterocycles. The van der Waals surface area contributed by atoms with Gasteiger partial charge in [-0.25, -0.2) is 4.98 Å². The Morgan fingerprint density at radius 1 is 1.19 bits per heavy atom. The second kappa shape index (κ2) is 4.43. The van der Waals surface area contributed by atoms with Crippen LogP contribution in [-0.2, 0) is 0 Å². The lowest BCUT2D eigenvalue weighted by molar-refractivity contribution is 0.476. The summed E-state index contributed by atoms with van der Waals surface area (Å²) < 4.78 is 5.42. The van der Waals surface area contributed by atoms with E-state index in [2.05, 4.69) is 4.98 Å². The van der Waals surface area contributed by atoms with Crippen molar-refractivity contribution in [3.63, 3.8) is 0 Å². The number of hydrogen-bond acceptors (Lipinski definition) is 5. The number of nitriles is 2. The molecular weight excluding hydrogens is 222 g/mol. The lowest BCUT2D eigenvalue weighted by Crippen LogP contribution is -1.91. The number of para-hydroxylation sites is 1. The first-order valence-electron chi connectivity index (χ1n) is 4.35. The summed E-state index contributed by atoms with van der Waals surface area (Å²) in [4.78, 5) is 3.94. The molecule has 0 unspecified atom stereocenters. The van der Waals surface area contributed by atoms with Crippen LogP contribution >= 0.6 is 11.3 Å². The number of rotatable bonds is 2. The molecule has 0 saturated carbocycles. The fraction of sp³-hybridized carbons (Fsp3) is 0. The van der Waals surface area contributed by atoms with Gasteiger partial charge in [0.25, 0.3) is 5.19 Å². The van der Waals surface area contributed by atoms with E-state index in [4.69, 9.17) is 15.3 Å². The molecule has 0 bridgehead atoms. The normalized spacial score (nSPS) is 9.12. The van der Waals surface area contributed by atoms with Crippen molar-refractivity contribution in [3.05, 3.63) is 40.9 Å². The Bertz CT molecular complexity index is 546. The van der Waals surface area contributed by atoms with Crippen LogP contribution in [0.15, 0.2) is 29.8 Å². The molecule has 16 heavy (non-hydrogen) atoms. The minimum atomic E-state index is 0.266. The zero-order valence-electron chi connectivity index (χ0n) is 8.04. The van der Waals surface area contributed by atoms with Gasteiger partial charge in [-0.05, 0) is 12.1 Å².